The number of rotatable bonds is 2. The maximum atomic E-state index is 13.5. The van der Waals surface area contributed by atoms with Crippen LogP contribution in [0.3, 0.4) is 0 Å². The molecule has 1 heterocycles. The van der Waals surface area contributed by atoms with Gasteiger partial charge in [0.2, 0.25) is 5.88 Å². The van der Waals surface area contributed by atoms with E-state index < -0.39 is 5.82 Å². The Morgan fingerprint density at radius 2 is 2.27 bits per heavy atom. The molecule has 4 nitrogen and oxygen atoms in total. The average molecular weight is 208 g/mol. The van der Waals surface area contributed by atoms with E-state index in [0.717, 1.165) is 0 Å². The van der Waals surface area contributed by atoms with Gasteiger partial charge in [-0.1, -0.05) is 11.2 Å². The summed E-state index contributed by atoms with van der Waals surface area (Å²) in [5, 5.41) is 3.64. The minimum absolute atomic E-state index is 0.135. The Kier molecular flexibility index (Phi) is 2.29. The summed E-state index contributed by atoms with van der Waals surface area (Å²) in [5.41, 5.74) is 5.94. The van der Waals surface area contributed by atoms with Crippen molar-refractivity contribution >= 4 is 5.88 Å². The van der Waals surface area contributed by atoms with Crippen molar-refractivity contribution < 1.29 is 13.7 Å². The Labute approximate surface area is 85.4 Å². The molecule has 0 saturated heterocycles. The van der Waals surface area contributed by atoms with E-state index in [4.69, 9.17) is 10.5 Å². The minimum Gasteiger partial charge on any atom is -0.496 e. The molecule has 0 saturated carbocycles. The summed E-state index contributed by atoms with van der Waals surface area (Å²) in [6.45, 7) is 0. The molecular formula is C10H9FN2O2. The zero-order valence-corrected chi connectivity index (χ0v) is 8.03. The number of benzene rings is 1. The zero-order valence-electron chi connectivity index (χ0n) is 8.03. The van der Waals surface area contributed by atoms with Crippen LogP contribution < -0.4 is 10.5 Å². The smallest absolute Gasteiger partial charge is 0.222 e. The van der Waals surface area contributed by atoms with Crippen LogP contribution in [0, 0.1) is 5.82 Å². The second kappa shape index (κ2) is 3.61. The molecular weight excluding hydrogens is 199 g/mol. The van der Waals surface area contributed by atoms with Crippen molar-refractivity contribution in [2.75, 3.05) is 12.8 Å². The Morgan fingerprint density at radius 1 is 1.47 bits per heavy atom. The molecule has 0 aliphatic carbocycles. The lowest BCUT2D eigenvalue weighted by Gasteiger charge is -2.05. The molecule has 1 aromatic carbocycles. The Balaban J connectivity index is 2.60. The number of nitrogen functional groups attached to an aromatic ring is 1. The minimum atomic E-state index is -0.428. The molecule has 0 fully saturated rings. The highest BCUT2D eigenvalue weighted by molar-refractivity contribution is 5.69. The summed E-state index contributed by atoms with van der Waals surface area (Å²) in [4.78, 5) is 0. The van der Waals surface area contributed by atoms with Gasteiger partial charge in [-0.2, -0.15) is 0 Å². The van der Waals surface area contributed by atoms with Gasteiger partial charge in [-0.05, 0) is 12.1 Å². The largest absolute Gasteiger partial charge is 0.496 e. The predicted octanol–water partition coefficient (Wildman–Crippen LogP) is 2.07. The molecule has 0 bridgehead atoms. The maximum Gasteiger partial charge on any atom is 0.222 e. The quantitative estimate of drug-likeness (QED) is 0.820. The van der Waals surface area contributed by atoms with Crippen LogP contribution in [0.25, 0.3) is 11.3 Å². The molecule has 2 aromatic rings. The van der Waals surface area contributed by atoms with Gasteiger partial charge < -0.3 is 15.0 Å². The van der Waals surface area contributed by atoms with Gasteiger partial charge in [-0.3, -0.25) is 0 Å². The van der Waals surface area contributed by atoms with Gasteiger partial charge in [0.05, 0.1) is 12.7 Å². The van der Waals surface area contributed by atoms with Gasteiger partial charge in [-0.25, -0.2) is 4.39 Å². The highest BCUT2D eigenvalue weighted by Crippen LogP contribution is 2.32. The molecule has 0 aliphatic rings. The SMILES string of the molecule is COc1cccc(F)c1-c1cc(N)on1. The molecule has 5 heteroatoms. The van der Waals surface area contributed by atoms with Crippen LogP contribution in [0.15, 0.2) is 28.8 Å². The number of ether oxygens (including phenoxy) is 1. The number of nitrogens with two attached hydrogens (primary N) is 1. The van der Waals surface area contributed by atoms with Crippen LogP contribution in [-0.2, 0) is 0 Å². The molecule has 0 aliphatic heterocycles. The Hall–Kier alpha value is -2.04. The summed E-state index contributed by atoms with van der Waals surface area (Å²) in [5.74, 6) is 0.0984. The third kappa shape index (κ3) is 1.63. The van der Waals surface area contributed by atoms with Gasteiger partial charge in [0.25, 0.3) is 0 Å². The van der Waals surface area contributed by atoms with Crippen molar-refractivity contribution in [2.24, 2.45) is 0 Å². The predicted molar refractivity (Wildman–Crippen MR) is 52.9 cm³/mol. The van der Waals surface area contributed by atoms with Crippen LogP contribution in [-0.4, -0.2) is 12.3 Å². The second-order valence-corrected chi connectivity index (χ2v) is 2.93. The van der Waals surface area contributed by atoms with Crippen molar-refractivity contribution in [1.29, 1.82) is 0 Å². The summed E-state index contributed by atoms with van der Waals surface area (Å²) in [7, 11) is 1.46. The number of hydrogen-bond donors (Lipinski definition) is 1. The monoisotopic (exact) mass is 208 g/mol. The van der Waals surface area contributed by atoms with Crippen molar-refractivity contribution in [3.8, 4) is 17.0 Å². The van der Waals surface area contributed by atoms with Crippen LogP contribution in [0.1, 0.15) is 0 Å². The van der Waals surface area contributed by atoms with Crippen molar-refractivity contribution in [2.45, 2.75) is 0 Å². The fourth-order valence-corrected chi connectivity index (χ4v) is 1.33. The van der Waals surface area contributed by atoms with Crippen molar-refractivity contribution in [3.05, 3.63) is 30.1 Å². The van der Waals surface area contributed by atoms with Crippen LogP contribution in [0.4, 0.5) is 10.3 Å². The number of anilines is 1. The summed E-state index contributed by atoms with van der Waals surface area (Å²) in [6, 6.07) is 5.97. The fraction of sp³-hybridized carbons (Fsp3) is 0.100. The number of hydrogen-bond acceptors (Lipinski definition) is 4. The zero-order chi connectivity index (χ0) is 10.8. The lowest BCUT2D eigenvalue weighted by molar-refractivity contribution is 0.410. The van der Waals surface area contributed by atoms with E-state index in [2.05, 4.69) is 9.68 Å². The van der Waals surface area contributed by atoms with E-state index in [-0.39, 0.29) is 11.4 Å². The highest BCUT2D eigenvalue weighted by atomic mass is 19.1. The number of methoxy groups -OCH3 is 1. The van der Waals surface area contributed by atoms with Gasteiger partial charge in [0.15, 0.2) is 0 Å². The van der Waals surface area contributed by atoms with E-state index in [1.165, 1.54) is 19.2 Å². The molecule has 0 unspecified atom stereocenters. The van der Waals surface area contributed by atoms with Crippen molar-refractivity contribution in [3.63, 3.8) is 0 Å². The van der Waals surface area contributed by atoms with Crippen molar-refractivity contribution in [1.82, 2.24) is 5.16 Å². The Bertz CT molecular complexity index is 482. The van der Waals surface area contributed by atoms with E-state index >= 15 is 0 Å². The third-order valence-electron chi connectivity index (χ3n) is 1.98. The number of nitrogens with zero attached hydrogens (tertiary/aromatic N) is 1. The molecule has 1 aromatic heterocycles. The lowest BCUT2D eigenvalue weighted by atomic mass is 10.1. The third-order valence-corrected chi connectivity index (χ3v) is 1.98. The van der Waals surface area contributed by atoms with Gasteiger partial charge in [0.1, 0.15) is 17.3 Å². The summed E-state index contributed by atoms with van der Waals surface area (Å²) >= 11 is 0. The summed E-state index contributed by atoms with van der Waals surface area (Å²) in [6.07, 6.45) is 0. The van der Waals surface area contributed by atoms with Crippen LogP contribution in [0.2, 0.25) is 0 Å². The van der Waals surface area contributed by atoms with E-state index in [9.17, 15) is 4.39 Å². The highest BCUT2D eigenvalue weighted by Gasteiger charge is 2.14. The molecule has 0 spiro atoms. The van der Waals surface area contributed by atoms with E-state index in [1.807, 2.05) is 0 Å². The van der Waals surface area contributed by atoms with E-state index in [1.54, 1.807) is 12.1 Å². The fourth-order valence-electron chi connectivity index (χ4n) is 1.33. The first-order chi connectivity index (χ1) is 7.22. The normalized spacial score (nSPS) is 10.3. The molecule has 2 N–H and O–H groups in total. The van der Waals surface area contributed by atoms with Crippen LogP contribution in [0.5, 0.6) is 5.75 Å². The van der Waals surface area contributed by atoms with Gasteiger partial charge >= 0.3 is 0 Å². The number of aromatic nitrogens is 1. The first-order valence-electron chi connectivity index (χ1n) is 4.27. The molecule has 0 atom stereocenters. The molecule has 15 heavy (non-hydrogen) atoms. The average Bonchev–Trinajstić information content (AvgIpc) is 2.64. The standard InChI is InChI=1S/C10H9FN2O2/c1-14-8-4-2-3-6(11)10(8)7-5-9(12)15-13-7/h2-5H,12H2,1H3. The first-order valence-corrected chi connectivity index (χ1v) is 4.27. The van der Waals surface area contributed by atoms with Crippen LogP contribution >= 0.6 is 0 Å². The van der Waals surface area contributed by atoms with E-state index in [0.29, 0.717) is 11.4 Å². The number of halogens is 1. The Morgan fingerprint density at radius 3 is 2.87 bits per heavy atom. The maximum absolute atomic E-state index is 13.5. The molecule has 0 amide bonds. The second-order valence-electron chi connectivity index (χ2n) is 2.93. The molecule has 0 radical (unpaired) electrons. The molecule has 2 rings (SSSR count). The van der Waals surface area contributed by atoms with Gasteiger partial charge in [0, 0.05) is 6.07 Å². The summed E-state index contributed by atoms with van der Waals surface area (Å²) < 4.78 is 23.2. The van der Waals surface area contributed by atoms with Gasteiger partial charge in [-0.15, -0.1) is 0 Å². The molecule has 78 valence electrons. The lowest BCUT2D eigenvalue weighted by Crippen LogP contribution is -1.91. The topological polar surface area (TPSA) is 61.3 Å². The first kappa shape index (κ1) is 9.51.